The predicted molar refractivity (Wildman–Crippen MR) is 105 cm³/mol. The summed E-state index contributed by atoms with van der Waals surface area (Å²) in [4.78, 5) is 13.1. The number of anilines is 1. The van der Waals surface area contributed by atoms with Gasteiger partial charge in [0.05, 0.1) is 10.6 Å². The molecule has 1 aliphatic heterocycles. The molecule has 1 heterocycles. The molecule has 0 unspecified atom stereocenters. The molecule has 0 aromatic heterocycles. The largest absolute Gasteiger partial charge is 0.325 e. The molecule has 8 heteroatoms. The third-order valence-corrected chi connectivity index (χ3v) is 7.20. The molecule has 1 N–H and O–H groups in total. The number of thioether (sulfide) groups is 1. The van der Waals surface area contributed by atoms with Crippen LogP contribution in [-0.2, 0) is 14.8 Å². The van der Waals surface area contributed by atoms with Gasteiger partial charge in [-0.1, -0.05) is 6.42 Å². The van der Waals surface area contributed by atoms with Crippen molar-refractivity contribution in [2.75, 3.05) is 24.2 Å². The second-order valence-corrected chi connectivity index (χ2v) is 9.27. The van der Waals surface area contributed by atoms with Crippen LogP contribution >= 0.6 is 11.8 Å². The predicted octanol–water partition coefficient (Wildman–Crippen LogP) is 3.73. The van der Waals surface area contributed by atoms with E-state index in [2.05, 4.69) is 5.32 Å². The molecule has 1 amide bonds. The zero-order valence-corrected chi connectivity index (χ0v) is 16.4. The average Bonchev–Trinajstić information content (AvgIpc) is 2.69. The van der Waals surface area contributed by atoms with Gasteiger partial charge in [0.25, 0.3) is 0 Å². The number of benzene rings is 2. The van der Waals surface area contributed by atoms with Gasteiger partial charge in [-0.2, -0.15) is 4.31 Å². The van der Waals surface area contributed by atoms with Gasteiger partial charge in [-0.05, 0) is 61.4 Å². The van der Waals surface area contributed by atoms with Crippen LogP contribution in [0.1, 0.15) is 19.3 Å². The summed E-state index contributed by atoms with van der Waals surface area (Å²) in [5.41, 5.74) is 0.539. The summed E-state index contributed by atoms with van der Waals surface area (Å²) >= 11 is 1.30. The lowest BCUT2D eigenvalue weighted by atomic mass is 10.2. The highest BCUT2D eigenvalue weighted by Gasteiger charge is 2.25. The van der Waals surface area contributed by atoms with Gasteiger partial charge in [0.1, 0.15) is 5.82 Å². The molecule has 144 valence electrons. The fraction of sp³-hybridized carbons (Fsp3) is 0.316. The Morgan fingerprint density at radius 3 is 2.26 bits per heavy atom. The van der Waals surface area contributed by atoms with Crippen LogP contribution in [0, 0.1) is 5.82 Å². The highest BCUT2D eigenvalue weighted by atomic mass is 32.2. The summed E-state index contributed by atoms with van der Waals surface area (Å²) in [7, 11) is -3.47. The SMILES string of the molecule is O=C(CSc1ccc(F)cc1)Nc1ccc(S(=O)(=O)N2CCCCC2)cc1. The van der Waals surface area contributed by atoms with Crippen LogP contribution in [0.15, 0.2) is 58.3 Å². The van der Waals surface area contributed by atoms with E-state index in [0.717, 1.165) is 24.2 Å². The number of carbonyl (C=O) groups is 1. The van der Waals surface area contributed by atoms with Gasteiger partial charge in [0, 0.05) is 23.7 Å². The van der Waals surface area contributed by atoms with Crippen LogP contribution in [0.2, 0.25) is 0 Å². The minimum atomic E-state index is -3.47. The van der Waals surface area contributed by atoms with Crippen molar-refractivity contribution >= 4 is 33.4 Å². The van der Waals surface area contributed by atoms with Crippen LogP contribution < -0.4 is 5.32 Å². The van der Waals surface area contributed by atoms with E-state index in [-0.39, 0.29) is 22.4 Å². The summed E-state index contributed by atoms with van der Waals surface area (Å²) in [6.45, 7) is 1.11. The number of hydrogen-bond acceptors (Lipinski definition) is 4. The van der Waals surface area contributed by atoms with E-state index in [1.54, 1.807) is 24.3 Å². The van der Waals surface area contributed by atoms with Gasteiger partial charge >= 0.3 is 0 Å². The van der Waals surface area contributed by atoms with Gasteiger partial charge in [0.2, 0.25) is 15.9 Å². The molecule has 3 rings (SSSR count). The number of rotatable bonds is 6. The third-order valence-electron chi connectivity index (χ3n) is 4.27. The van der Waals surface area contributed by atoms with E-state index < -0.39 is 10.0 Å². The Morgan fingerprint density at radius 2 is 1.63 bits per heavy atom. The van der Waals surface area contributed by atoms with Gasteiger partial charge in [-0.25, -0.2) is 12.8 Å². The number of nitrogens with one attached hydrogen (secondary N) is 1. The van der Waals surface area contributed by atoms with E-state index in [1.165, 1.54) is 40.3 Å². The Balaban J connectivity index is 1.56. The van der Waals surface area contributed by atoms with Crippen molar-refractivity contribution in [2.45, 2.75) is 29.1 Å². The fourth-order valence-corrected chi connectivity index (χ4v) is 5.06. The summed E-state index contributed by atoms with van der Waals surface area (Å²) in [6, 6.07) is 12.2. The Hall–Kier alpha value is -1.90. The summed E-state index contributed by atoms with van der Waals surface area (Å²) in [5.74, 6) is -0.348. The first kappa shape index (κ1) is 19.9. The van der Waals surface area contributed by atoms with Crippen molar-refractivity contribution in [3.8, 4) is 0 Å². The first-order valence-corrected chi connectivity index (χ1v) is 11.2. The molecule has 0 atom stereocenters. The molecule has 27 heavy (non-hydrogen) atoms. The van der Waals surface area contributed by atoms with Crippen molar-refractivity contribution in [3.63, 3.8) is 0 Å². The Kier molecular flexibility index (Phi) is 6.51. The number of nitrogens with zero attached hydrogens (tertiary/aromatic N) is 1. The van der Waals surface area contributed by atoms with Crippen molar-refractivity contribution < 1.29 is 17.6 Å². The molecule has 2 aromatic carbocycles. The number of hydrogen-bond donors (Lipinski definition) is 1. The third kappa shape index (κ3) is 5.31. The van der Waals surface area contributed by atoms with Gasteiger partial charge in [-0.3, -0.25) is 4.79 Å². The standard InChI is InChI=1S/C19H21FN2O3S2/c20-15-4-8-17(9-5-15)26-14-19(23)21-16-6-10-18(11-7-16)27(24,25)22-12-2-1-3-13-22/h4-11H,1-3,12-14H2,(H,21,23). The molecule has 5 nitrogen and oxygen atoms in total. The molecule has 2 aromatic rings. The lowest BCUT2D eigenvalue weighted by Gasteiger charge is -2.25. The summed E-state index contributed by atoms with van der Waals surface area (Å²) in [6.07, 6.45) is 2.84. The molecule has 0 aliphatic carbocycles. The first-order valence-electron chi connectivity index (χ1n) is 8.73. The lowest BCUT2D eigenvalue weighted by molar-refractivity contribution is -0.113. The van der Waals surface area contributed by atoms with Crippen LogP contribution in [0.3, 0.4) is 0 Å². The first-order chi connectivity index (χ1) is 12.9. The smallest absolute Gasteiger partial charge is 0.243 e. The number of halogens is 1. The van der Waals surface area contributed by atoms with E-state index in [4.69, 9.17) is 0 Å². The monoisotopic (exact) mass is 408 g/mol. The molecule has 0 spiro atoms. The van der Waals surface area contributed by atoms with Crippen molar-refractivity contribution in [2.24, 2.45) is 0 Å². The Bertz CT molecular complexity index is 878. The Morgan fingerprint density at radius 1 is 1.00 bits per heavy atom. The maximum Gasteiger partial charge on any atom is 0.243 e. The molecule has 0 bridgehead atoms. The van der Waals surface area contributed by atoms with E-state index in [0.29, 0.717) is 18.8 Å². The van der Waals surface area contributed by atoms with Gasteiger partial charge < -0.3 is 5.32 Å². The lowest BCUT2D eigenvalue weighted by Crippen LogP contribution is -2.35. The minimum Gasteiger partial charge on any atom is -0.325 e. The summed E-state index contributed by atoms with van der Waals surface area (Å²) < 4.78 is 39.6. The van der Waals surface area contributed by atoms with E-state index in [1.807, 2.05) is 0 Å². The number of carbonyl (C=O) groups excluding carboxylic acids is 1. The molecule has 1 aliphatic rings. The average molecular weight is 409 g/mol. The summed E-state index contributed by atoms with van der Waals surface area (Å²) in [5, 5.41) is 2.74. The van der Waals surface area contributed by atoms with Gasteiger partial charge in [0.15, 0.2) is 0 Å². The number of amides is 1. The highest BCUT2D eigenvalue weighted by Crippen LogP contribution is 2.22. The zero-order valence-electron chi connectivity index (χ0n) is 14.7. The van der Waals surface area contributed by atoms with Crippen molar-refractivity contribution in [1.82, 2.24) is 4.31 Å². The number of piperidine rings is 1. The van der Waals surface area contributed by atoms with Crippen molar-refractivity contribution in [3.05, 3.63) is 54.3 Å². The quantitative estimate of drug-likeness (QED) is 0.740. The van der Waals surface area contributed by atoms with E-state index in [9.17, 15) is 17.6 Å². The molecule has 1 saturated heterocycles. The normalized spacial score (nSPS) is 15.4. The minimum absolute atomic E-state index is 0.180. The second-order valence-electron chi connectivity index (χ2n) is 6.28. The molecular weight excluding hydrogens is 387 g/mol. The molecule has 1 fully saturated rings. The van der Waals surface area contributed by atoms with Crippen LogP contribution in [0.4, 0.5) is 10.1 Å². The molecule has 0 radical (unpaired) electrons. The van der Waals surface area contributed by atoms with E-state index >= 15 is 0 Å². The number of sulfonamides is 1. The maximum absolute atomic E-state index is 12.9. The topological polar surface area (TPSA) is 66.5 Å². The molecule has 0 saturated carbocycles. The van der Waals surface area contributed by atoms with Crippen LogP contribution in [0.25, 0.3) is 0 Å². The fourth-order valence-electron chi connectivity index (χ4n) is 2.84. The van der Waals surface area contributed by atoms with Crippen LogP contribution in [-0.4, -0.2) is 37.5 Å². The zero-order chi connectivity index (χ0) is 19.3. The van der Waals surface area contributed by atoms with Crippen molar-refractivity contribution in [1.29, 1.82) is 0 Å². The maximum atomic E-state index is 12.9. The molecular formula is C19H21FN2O3S2. The van der Waals surface area contributed by atoms with Gasteiger partial charge in [-0.15, -0.1) is 11.8 Å². The van der Waals surface area contributed by atoms with Crippen LogP contribution in [0.5, 0.6) is 0 Å². The Labute approximate surface area is 163 Å². The second kappa shape index (κ2) is 8.86. The highest BCUT2D eigenvalue weighted by molar-refractivity contribution is 8.00.